The number of hydrogen-bond acceptors (Lipinski definition) is 7. The number of anilines is 1. The van der Waals surface area contributed by atoms with Gasteiger partial charge in [-0.3, -0.25) is 9.78 Å². The second kappa shape index (κ2) is 8.09. The topological polar surface area (TPSA) is 115 Å². The summed E-state index contributed by atoms with van der Waals surface area (Å²) in [6.07, 6.45) is 3.58. The Morgan fingerprint density at radius 2 is 2.00 bits per heavy atom. The molecule has 2 aromatic heterocycles. The van der Waals surface area contributed by atoms with E-state index in [1.165, 1.54) is 6.07 Å². The number of aryl methyl sites for hydroxylation is 1. The molecule has 140 valence electrons. The van der Waals surface area contributed by atoms with E-state index in [1.807, 2.05) is 0 Å². The fourth-order valence-electron chi connectivity index (χ4n) is 2.40. The standard InChI is InChI=1S/C18H18N4O4S/c1-2-27(24,25)15-8-4-3-7-14(15)20-16(23)9-10-17-21-18(22-26-17)13-6-5-11-19-12-13/h3-8,11-12H,2,9-10H2,1H3,(H,20,23). The predicted molar refractivity (Wildman–Crippen MR) is 98.6 cm³/mol. The van der Waals surface area contributed by atoms with Gasteiger partial charge in [-0.15, -0.1) is 0 Å². The van der Waals surface area contributed by atoms with Gasteiger partial charge in [0.15, 0.2) is 9.84 Å². The number of nitrogens with one attached hydrogen (secondary N) is 1. The summed E-state index contributed by atoms with van der Waals surface area (Å²) in [5.41, 5.74) is 0.988. The molecule has 1 aromatic carbocycles. The van der Waals surface area contributed by atoms with Crippen molar-refractivity contribution in [2.75, 3.05) is 11.1 Å². The summed E-state index contributed by atoms with van der Waals surface area (Å²) in [5, 5.41) is 6.51. The van der Waals surface area contributed by atoms with Crippen LogP contribution in [0.15, 0.2) is 58.2 Å². The van der Waals surface area contributed by atoms with Crippen LogP contribution >= 0.6 is 0 Å². The van der Waals surface area contributed by atoms with Gasteiger partial charge < -0.3 is 9.84 Å². The van der Waals surface area contributed by atoms with Crippen LogP contribution < -0.4 is 5.32 Å². The number of carbonyl (C=O) groups excluding carboxylic acids is 1. The zero-order chi connectivity index (χ0) is 19.3. The average molecular weight is 386 g/mol. The third-order valence-electron chi connectivity index (χ3n) is 3.83. The molecule has 27 heavy (non-hydrogen) atoms. The van der Waals surface area contributed by atoms with Crippen molar-refractivity contribution in [3.63, 3.8) is 0 Å². The van der Waals surface area contributed by atoms with Crippen LogP contribution in [0.4, 0.5) is 5.69 Å². The van der Waals surface area contributed by atoms with Crippen LogP contribution in [0.5, 0.6) is 0 Å². The lowest BCUT2D eigenvalue weighted by Gasteiger charge is -2.10. The molecule has 8 nitrogen and oxygen atoms in total. The number of pyridine rings is 1. The van der Waals surface area contributed by atoms with Crippen LogP contribution in [0.1, 0.15) is 19.2 Å². The number of nitrogens with zero attached hydrogens (tertiary/aromatic N) is 3. The van der Waals surface area contributed by atoms with Crippen molar-refractivity contribution in [2.24, 2.45) is 0 Å². The van der Waals surface area contributed by atoms with E-state index in [-0.39, 0.29) is 35.1 Å². The van der Waals surface area contributed by atoms with Crippen LogP contribution in [0.25, 0.3) is 11.4 Å². The summed E-state index contributed by atoms with van der Waals surface area (Å²) in [5.74, 6) is 0.338. The quantitative estimate of drug-likeness (QED) is 0.663. The lowest BCUT2D eigenvalue weighted by Crippen LogP contribution is -2.16. The number of carbonyl (C=O) groups is 1. The first-order valence-corrected chi connectivity index (χ1v) is 9.99. The summed E-state index contributed by atoms with van der Waals surface area (Å²) in [7, 11) is -3.43. The molecule has 0 unspecified atom stereocenters. The van der Waals surface area contributed by atoms with E-state index in [4.69, 9.17) is 4.52 Å². The predicted octanol–water partition coefficient (Wildman–Crippen LogP) is 2.50. The lowest BCUT2D eigenvalue weighted by atomic mass is 10.2. The molecule has 1 N–H and O–H groups in total. The van der Waals surface area contributed by atoms with E-state index < -0.39 is 9.84 Å². The Labute approximate surface area is 156 Å². The Morgan fingerprint density at radius 1 is 1.19 bits per heavy atom. The summed E-state index contributed by atoms with van der Waals surface area (Å²) in [6, 6.07) is 9.90. The zero-order valence-electron chi connectivity index (χ0n) is 14.6. The van der Waals surface area contributed by atoms with Crippen LogP contribution in [0.3, 0.4) is 0 Å². The van der Waals surface area contributed by atoms with Crippen molar-refractivity contribution in [1.82, 2.24) is 15.1 Å². The minimum absolute atomic E-state index is 0.0427. The smallest absolute Gasteiger partial charge is 0.227 e. The Balaban J connectivity index is 1.64. The second-order valence-corrected chi connectivity index (χ2v) is 7.95. The Bertz CT molecular complexity index is 1030. The third-order valence-corrected chi connectivity index (χ3v) is 5.62. The number of benzene rings is 1. The maximum atomic E-state index is 12.2. The molecular formula is C18H18N4O4S. The van der Waals surface area contributed by atoms with Gasteiger partial charge in [0.25, 0.3) is 0 Å². The zero-order valence-corrected chi connectivity index (χ0v) is 15.4. The van der Waals surface area contributed by atoms with Crippen molar-refractivity contribution >= 4 is 21.4 Å². The van der Waals surface area contributed by atoms with Gasteiger partial charge in [0.2, 0.25) is 17.6 Å². The number of para-hydroxylation sites is 1. The monoisotopic (exact) mass is 386 g/mol. The average Bonchev–Trinajstić information content (AvgIpc) is 3.16. The summed E-state index contributed by atoms with van der Waals surface area (Å²) >= 11 is 0. The molecule has 0 bridgehead atoms. The van der Waals surface area contributed by atoms with Gasteiger partial charge in [-0.2, -0.15) is 4.98 Å². The van der Waals surface area contributed by atoms with E-state index in [0.717, 1.165) is 5.56 Å². The molecule has 0 spiro atoms. The van der Waals surface area contributed by atoms with Crippen LogP contribution in [0.2, 0.25) is 0 Å². The Hall–Kier alpha value is -3.07. The second-order valence-electron chi connectivity index (χ2n) is 5.70. The molecular weight excluding hydrogens is 368 g/mol. The maximum absolute atomic E-state index is 12.2. The fourth-order valence-corrected chi connectivity index (χ4v) is 3.45. The molecule has 0 aliphatic heterocycles. The fraction of sp³-hybridized carbons (Fsp3) is 0.222. The van der Waals surface area contributed by atoms with Crippen LogP contribution in [-0.2, 0) is 21.1 Å². The summed E-state index contributed by atoms with van der Waals surface area (Å²) in [6.45, 7) is 1.56. The van der Waals surface area contributed by atoms with Gasteiger partial charge in [0.1, 0.15) is 0 Å². The van der Waals surface area contributed by atoms with Crippen molar-refractivity contribution in [3.8, 4) is 11.4 Å². The van der Waals surface area contributed by atoms with E-state index in [1.54, 1.807) is 49.6 Å². The molecule has 0 fully saturated rings. The molecule has 0 aliphatic rings. The van der Waals surface area contributed by atoms with Gasteiger partial charge in [-0.1, -0.05) is 24.2 Å². The first kappa shape index (κ1) is 18.7. The highest BCUT2D eigenvalue weighted by molar-refractivity contribution is 7.91. The van der Waals surface area contributed by atoms with E-state index in [2.05, 4.69) is 20.4 Å². The highest BCUT2D eigenvalue weighted by atomic mass is 32.2. The molecule has 0 aliphatic carbocycles. The number of aromatic nitrogens is 3. The molecule has 0 atom stereocenters. The lowest BCUT2D eigenvalue weighted by molar-refractivity contribution is -0.116. The number of rotatable bonds is 7. The first-order chi connectivity index (χ1) is 13.0. The molecule has 2 heterocycles. The summed E-state index contributed by atoms with van der Waals surface area (Å²) in [4.78, 5) is 20.6. The first-order valence-electron chi connectivity index (χ1n) is 8.34. The molecule has 0 saturated heterocycles. The molecule has 0 radical (unpaired) electrons. The highest BCUT2D eigenvalue weighted by Crippen LogP contribution is 2.22. The Morgan fingerprint density at radius 3 is 2.74 bits per heavy atom. The molecule has 9 heteroatoms. The SMILES string of the molecule is CCS(=O)(=O)c1ccccc1NC(=O)CCc1nc(-c2cccnc2)no1. The van der Waals surface area contributed by atoms with Crippen molar-refractivity contribution in [2.45, 2.75) is 24.7 Å². The number of hydrogen-bond donors (Lipinski definition) is 1. The highest BCUT2D eigenvalue weighted by Gasteiger charge is 2.18. The molecule has 3 aromatic rings. The number of amides is 1. The maximum Gasteiger partial charge on any atom is 0.227 e. The van der Waals surface area contributed by atoms with Crippen LogP contribution in [-0.4, -0.2) is 35.2 Å². The van der Waals surface area contributed by atoms with Gasteiger partial charge in [-0.25, -0.2) is 8.42 Å². The van der Waals surface area contributed by atoms with E-state index >= 15 is 0 Å². The Kier molecular flexibility index (Phi) is 5.60. The minimum Gasteiger partial charge on any atom is -0.339 e. The van der Waals surface area contributed by atoms with Crippen molar-refractivity contribution < 1.29 is 17.7 Å². The number of sulfone groups is 1. The normalized spacial score (nSPS) is 11.3. The van der Waals surface area contributed by atoms with Gasteiger partial charge >= 0.3 is 0 Å². The van der Waals surface area contributed by atoms with E-state index in [9.17, 15) is 13.2 Å². The van der Waals surface area contributed by atoms with E-state index in [0.29, 0.717) is 11.7 Å². The van der Waals surface area contributed by atoms with Gasteiger partial charge in [0.05, 0.1) is 16.3 Å². The molecule has 0 saturated carbocycles. The largest absolute Gasteiger partial charge is 0.339 e. The van der Waals surface area contributed by atoms with Gasteiger partial charge in [-0.05, 0) is 24.3 Å². The van der Waals surface area contributed by atoms with Crippen LogP contribution in [0, 0.1) is 0 Å². The van der Waals surface area contributed by atoms with Crippen molar-refractivity contribution in [3.05, 3.63) is 54.7 Å². The third kappa shape index (κ3) is 4.56. The van der Waals surface area contributed by atoms with Gasteiger partial charge in [0, 0.05) is 30.8 Å². The molecule has 1 amide bonds. The van der Waals surface area contributed by atoms with Crippen molar-refractivity contribution in [1.29, 1.82) is 0 Å². The molecule has 3 rings (SSSR count). The summed E-state index contributed by atoms with van der Waals surface area (Å²) < 4.78 is 29.4. The minimum atomic E-state index is -3.43.